The third kappa shape index (κ3) is 3.65. The number of hydrogen-bond acceptors (Lipinski definition) is 3. The van der Waals surface area contributed by atoms with Crippen LogP contribution in [0, 0.1) is 12.8 Å². The van der Waals surface area contributed by atoms with Crippen LogP contribution in [0.15, 0.2) is 59.9 Å². The number of aromatic amines is 1. The largest absolute Gasteiger partial charge is 0.369 e. The first-order valence-corrected chi connectivity index (χ1v) is 9.22. The fourth-order valence-electron chi connectivity index (χ4n) is 3.26. The Hall–Kier alpha value is -2.59. The van der Waals surface area contributed by atoms with Crippen LogP contribution in [0.4, 0.5) is 5.82 Å². The Morgan fingerprint density at radius 2 is 2.19 bits per heavy atom. The van der Waals surface area contributed by atoms with Gasteiger partial charge in [-0.3, -0.25) is 0 Å². The van der Waals surface area contributed by atoms with Gasteiger partial charge in [0.25, 0.3) is 0 Å². The first-order valence-electron chi connectivity index (χ1n) is 8.84. The summed E-state index contributed by atoms with van der Waals surface area (Å²) in [4.78, 5) is 12.3. The predicted octanol–water partition coefficient (Wildman–Crippen LogP) is 4.97. The lowest BCUT2D eigenvalue weighted by Gasteiger charge is -2.16. The molecule has 0 fully saturated rings. The van der Waals surface area contributed by atoms with Crippen molar-refractivity contribution in [1.82, 2.24) is 15.0 Å². The first-order chi connectivity index (χ1) is 12.7. The van der Waals surface area contributed by atoms with Gasteiger partial charge in [0.15, 0.2) is 0 Å². The molecule has 1 unspecified atom stereocenters. The SMILES string of the molecule is Cc1nc(NCC2C=CC(Cl)=CC2)ccc1Cc1c[nH]c2ncccc12. The fraction of sp³-hybridized carbons (Fsp3) is 0.238. The second-order valence-corrected chi connectivity index (χ2v) is 7.09. The summed E-state index contributed by atoms with van der Waals surface area (Å²) in [5.74, 6) is 1.37. The van der Waals surface area contributed by atoms with E-state index in [1.54, 1.807) is 6.20 Å². The minimum atomic E-state index is 0.456. The van der Waals surface area contributed by atoms with Gasteiger partial charge in [-0.2, -0.15) is 0 Å². The molecule has 4 rings (SSSR count). The Bertz CT molecular complexity index is 987. The van der Waals surface area contributed by atoms with Gasteiger partial charge in [0.05, 0.1) is 0 Å². The number of halogens is 1. The highest BCUT2D eigenvalue weighted by atomic mass is 35.5. The normalized spacial score (nSPS) is 16.7. The van der Waals surface area contributed by atoms with Gasteiger partial charge in [0, 0.05) is 41.5 Å². The highest BCUT2D eigenvalue weighted by Gasteiger charge is 2.10. The van der Waals surface area contributed by atoms with Gasteiger partial charge in [-0.25, -0.2) is 9.97 Å². The topological polar surface area (TPSA) is 53.6 Å². The summed E-state index contributed by atoms with van der Waals surface area (Å²) in [6.45, 7) is 2.92. The summed E-state index contributed by atoms with van der Waals surface area (Å²) >= 11 is 5.97. The van der Waals surface area contributed by atoms with Gasteiger partial charge in [-0.1, -0.05) is 29.8 Å². The van der Waals surface area contributed by atoms with Gasteiger partial charge in [0.2, 0.25) is 0 Å². The van der Waals surface area contributed by atoms with E-state index in [0.29, 0.717) is 5.92 Å². The second kappa shape index (κ2) is 7.34. The molecule has 3 heterocycles. The number of H-pyrrole nitrogens is 1. The number of anilines is 1. The van der Waals surface area contributed by atoms with Crippen LogP contribution >= 0.6 is 11.6 Å². The molecule has 0 amide bonds. The lowest BCUT2D eigenvalue weighted by atomic mass is 10.0. The second-order valence-electron chi connectivity index (χ2n) is 6.66. The van der Waals surface area contributed by atoms with E-state index in [4.69, 9.17) is 16.6 Å². The molecule has 0 aliphatic heterocycles. The zero-order chi connectivity index (χ0) is 17.9. The van der Waals surface area contributed by atoms with Crippen LogP contribution in [0.1, 0.15) is 23.2 Å². The molecule has 4 nitrogen and oxygen atoms in total. The predicted molar refractivity (Wildman–Crippen MR) is 108 cm³/mol. The molecule has 0 aromatic carbocycles. The number of fused-ring (bicyclic) bond motifs is 1. The van der Waals surface area contributed by atoms with Gasteiger partial charge in [-0.15, -0.1) is 0 Å². The van der Waals surface area contributed by atoms with Crippen molar-refractivity contribution in [3.63, 3.8) is 0 Å². The molecule has 0 saturated carbocycles. The van der Waals surface area contributed by atoms with Crippen LogP contribution in [-0.4, -0.2) is 21.5 Å². The zero-order valence-corrected chi connectivity index (χ0v) is 15.4. The third-order valence-corrected chi connectivity index (χ3v) is 5.08. The smallest absolute Gasteiger partial charge is 0.137 e. The van der Waals surface area contributed by atoms with E-state index in [1.807, 2.05) is 18.3 Å². The number of aryl methyl sites for hydroxylation is 1. The van der Waals surface area contributed by atoms with E-state index in [1.165, 1.54) is 16.5 Å². The van der Waals surface area contributed by atoms with Crippen molar-refractivity contribution >= 4 is 28.5 Å². The molecule has 2 N–H and O–H groups in total. The van der Waals surface area contributed by atoms with E-state index < -0.39 is 0 Å². The molecular weight excluding hydrogens is 344 g/mol. The average molecular weight is 365 g/mol. The first kappa shape index (κ1) is 16.9. The van der Waals surface area contributed by atoms with Crippen LogP contribution in [0.25, 0.3) is 11.0 Å². The van der Waals surface area contributed by atoms with Crippen molar-refractivity contribution in [3.8, 4) is 0 Å². The molecule has 0 spiro atoms. The van der Waals surface area contributed by atoms with Gasteiger partial charge >= 0.3 is 0 Å². The van der Waals surface area contributed by atoms with Gasteiger partial charge < -0.3 is 10.3 Å². The molecule has 1 aliphatic rings. The number of nitrogens with one attached hydrogen (secondary N) is 2. The Labute approximate surface area is 158 Å². The van der Waals surface area contributed by atoms with Crippen LogP contribution in [0.2, 0.25) is 0 Å². The maximum atomic E-state index is 5.97. The Morgan fingerprint density at radius 1 is 1.27 bits per heavy atom. The van der Waals surface area contributed by atoms with E-state index in [9.17, 15) is 0 Å². The molecule has 3 aromatic heterocycles. The van der Waals surface area contributed by atoms with E-state index in [0.717, 1.165) is 41.6 Å². The van der Waals surface area contributed by atoms with Crippen molar-refractivity contribution in [2.45, 2.75) is 19.8 Å². The van der Waals surface area contributed by atoms with E-state index in [-0.39, 0.29) is 0 Å². The number of allylic oxidation sites excluding steroid dienone is 3. The fourth-order valence-corrected chi connectivity index (χ4v) is 3.43. The van der Waals surface area contributed by atoms with E-state index >= 15 is 0 Å². The molecule has 0 radical (unpaired) electrons. The van der Waals surface area contributed by atoms with Crippen LogP contribution in [0.5, 0.6) is 0 Å². The van der Waals surface area contributed by atoms with Crippen molar-refractivity contribution < 1.29 is 0 Å². The average Bonchev–Trinajstić information content (AvgIpc) is 3.06. The highest BCUT2D eigenvalue weighted by Crippen LogP contribution is 2.22. The summed E-state index contributed by atoms with van der Waals surface area (Å²) in [7, 11) is 0. The van der Waals surface area contributed by atoms with Crippen LogP contribution in [-0.2, 0) is 6.42 Å². The van der Waals surface area contributed by atoms with Crippen molar-refractivity contribution in [3.05, 3.63) is 76.7 Å². The molecule has 5 heteroatoms. The highest BCUT2D eigenvalue weighted by molar-refractivity contribution is 6.31. The number of rotatable bonds is 5. The Kier molecular flexibility index (Phi) is 4.76. The summed E-state index contributed by atoms with van der Waals surface area (Å²) in [6, 6.07) is 8.29. The minimum Gasteiger partial charge on any atom is -0.369 e. The zero-order valence-electron chi connectivity index (χ0n) is 14.7. The van der Waals surface area contributed by atoms with Crippen molar-refractivity contribution in [2.24, 2.45) is 5.92 Å². The maximum Gasteiger partial charge on any atom is 0.137 e. The molecule has 26 heavy (non-hydrogen) atoms. The number of aromatic nitrogens is 3. The third-order valence-electron chi connectivity index (χ3n) is 4.80. The Balaban J connectivity index is 1.43. The summed E-state index contributed by atoms with van der Waals surface area (Å²) in [6.07, 6.45) is 11.8. The van der Waals surface area contributed by atoms with Gasteiger partial charge in [-0.05, 0) is 54.7 Å². The number of pyridine rings is 2. The standard InChI is InChI=1S/C21H21ClN4/c1-14-16(11-17-13-25-21-19(17)3-2-10-23-21)6-9-20(26-14)24-12-15-4-7-18(22)8-5-15/h2-4,6-10,13,15H,5,11-12H2,1H3,(H,23,25)(H,24,26). The summed E-state index contributed by atoms with van der Waals surface area (Å²) in [5, 5.41) is 5.43. The monoisotopic (exact) mass is 364 g/mol. The molecule has 132 valence electrons. The Morgan fingerprint density at radius 3 is 3.00 bits per heavy atom. The summed E-state index contributed by atoms with van der Waals surface area (Å²) in [5.41, 5.74) is 4.46. The van der Waals surface area contributed by atoms with E-state index in [2.05, 4.69) is 52.6 Å². The lowest BCUT2D eigenvalue weighted by molar-refractivity contribution is 0.689. The lowest BCUT2D eigenvalue weighted by Crippen LogP contribution is -2.14. The molecular formula is C21H21ClN4. The number of hydrogen-bond donors (Lipinski definition) is 2. The molecule has 0 bridgehead atoms. The molecule has 1 atom stereocenters. The van der Waals surface area contributed by atoms with Crippen molar-refractivity contribution in [2.75, 3.05) is 11.9 Å². The number of nitrogens with zero attached hydrogens (tertiary/aromatic N) is 2. The quantitative estimate of drug-likeness (QED) is 0.672. The summed E-state index contributed by atoms with van der Waals surface area (Å²) < 4.78 is 0. The minimum absolute atomic E-state index is 0.456. The van der Waals surface area contributed by atoms with Crippen LogP contribution < -0.4 is 5.32 Å². The maximum absolute atomic E-state index is 5.97. The van der Waals surface area contributed by atoms with Crippen LogP contribution in [0.3, 0.4) is 0 Å². The molecule has 1 aliphatic carbocycles. The van der Waals surface area contributed by atoms with Gasteiger partial charge in [0.1, 0.15) is 11.5 Å². The van der Waals surface area contributed by atoms with Crippen molar-refractivity contribution in [1.29, 1.82) is 0 Å². The molecule has 0 saturated heterocycles. The molecule has 3 aromatic rings.